The first kappa shape index (κ1) is 16.6. The van der Waals surface area contributed by atoms with Gasteiger partial charge in [-0.25, -0.2) is 0 Å². The number of halogens is 2. The van der Waals surface area contributed by atoms with Gasteiger partial charge in [0.2, 0.25) is 5.91 Å². The van der Waals surface area contributed by atoms with Crippen LogP contribution in [-0.4, -0.2) is 17.9 Å². The molecule has 1 atom stereocenters. The van der Waals surface area contributed by atoms with Crippen molar-refractivity contribution in [2.24, 2.45) is 0 Å². The van der Waals surface area contributed by atoms with Crippen LogP contribution in [-0.2, 0) is 16.0 Å². The number of amides is 2. The Labute approximate surface area is 148 Å². The lowest BCUT2D eigenvalue weighted by Crippen LogP contribution is -2.34. The number of ether oxygens (including phenoxy) is 1. The summed E-state index contributed by atoms with van der Waals surface area (Å²) in [5.41, 5.74) is 1.85. The van der Waals surface area contributed by atoms with Crippen LogP contribution in [0.15, 0.2) is 36.4 Å². The molecule has 2 aromatic rings. The van der Waals surface area contributed by atoms with E-state index >= 15 is 0 Å². The quantitative estimate of drug-likeness (QED) is 0.867. The molecule has 0 fully saturated rings. The maximum absolute atomic E-state index is 12.2. The minimum absolute atomic E-state index is 0.161. The van der Waals surface area contributed by atoms with Gasteiger partial charge in [-0.2, -0.15) is 0 Å². The van der Waals surface area contributed by atoms with E-state index in [-0.39, 0.29) is 18.2 Å². The van der Waals surface area contributed by atoms with Gasteiger partial charge < -0.3 is 15.4 Å². The van der Waals surface area contributed by atoms with Crippen LogP contribution < -0.4 is 15.4 Å². The van der Waals surface area contributed by atoms with Gasteiger partial charge in [0.05, 0.1) is 22.2 Å². The summed E-state index contributed by atoms with van der Waals surface area (Å²) in [6.45, 7) is 1.67. The Morgan fingerprint density at radius 2 is 2.00 bits per heavy atom. The maximum atomic E-state index is 12.2. The smallest absolute Gasteiger partial charge is 0.265 e. The third-order valence-electron chi connectivity index (χ3n) is 3.54. The molecule has 0 radical (unpaired) electrons. The Bertz CT molecular complexity index is 823. The van der Waals surface area contributed by atoms with Gasteiger partial charge in [0.25, 0.3) is 5.91 Å². The number of anilines is 2. The van der Waals surface area contributed by atoms with Crippen molar-refractivity contribution in [3.63, 3.8) is 0 Å². The zero-order chi connectivity index (χ0) is 17.3. The van der Waals surface area contributed by atoms with Gasteiger partial charge in [-0.1, -0.05) is 29.3 Å². The molecule has 7 heteroatoms. The van der Waals surface area contributed by atoms with E-state index in [1.807, 2.05) is 0 Å². The summed E-state index contributed by atoms with van der Waals surface area (Å²) in [5, 5.41) is 6.37. The maximum Gasteiger partial charge on any atom is 0.265 e. The van der Waals surface area contributed by atoms with E-state index < -0.39 is 6.10 Å². The molecule has 0 unspecified atom stereocenters. The minimum atomic E-state index is -0.535. The summed E-state index contributed by atoms with van der Waals surface area (Å²) in [7, 11) is 0. The normalized spacial score (nSPS) is 16.0. The first-order chi connectivity index (χ1) is 11.4. The van der Waals surface area contributed by atoms with Crippen molar-refractivity contribution in [3.8, 4) is 5.75 Å². The average Bonchev–Trinajstić information content (AvgIpc) is 2.52. The predicted octanol–water partition coefficient (Wildman–Crippen LogP) is 3.89. The third-order valence-corrected chi connectivity index (χ3v) is 4.28. The monoisotopic (exact) mass is 364 g/mol. The second kappa shape index (κ2) is 6.71. The highest BCUT2D eigenvalue weighted by Gasteiger charge is 2.23. The van der Waals surface area contributed by atoms with Crippen molar-refractivity contribution in [2.45, 2.75) is 19.4 Å². The highest BCUT2D eigenvalue weighted by Crippen LogP contribution is 2.32. The Balaban J connectivity index is 1.69. The third kappa shape index (κ3) is 3.63. The fourth-order valence-corrected chi connectivity index (χ4v) is 2.65. The number of carbonyl (C=O) groups is 2. The Hall–Kier alpha value is -2.24. The molecule has 1 aliphatic rings. The van der Waals surface area contributed by atoms with Crippen LogP contribution in [0.4, 0.5) is 11.4 Å². The number of rotatable bonds is 3. The lowest BCUT2D eigenvalue weighted by atomic mass is 10.1. The van der Waals surface area contributed by atoms with Crippen molar-refractivity contribution in [1.29, 1.82) is 0 Å². The molecule has 0 aliphatic carbocycles. The molecular weight excluding hydrogens is 351 g/mol. The van der Waals surface area contributed by atoms with E-state index in [9.17, 15) is 9.59 Å². The molecule has 5 nitrogen and oxygen atoms in total. The lowest BCUT2D eigenvalue weighted by molar-refractivity contribution is -0.122. The summed E-state index contributed by atoms with van der Waals surface area (Å²) in [6.07, 6.45) is -0.374. The molecule has 0 bridgehead atoms. The molecule has 2 amide bonds. The van der Waals surface area contributed by atoms with Crippen molar-refractivity contribution >= 4 is 46.4 Å². The van der Waals surface area contributed by atoms with Gasteiger partial charge in [-0.3, -0.25) is 9.59 Å². The number of nitrogens with one attached hydrogen (secondary N) is 2. The van der Waals surface area contributed by atoms with Crippen LogP contribution in [0.1, 0.15) is 12.5 Å². The summed E-state index contributed by atoms with van der Waals surface area (Å²) in [5.74, 6) is 0.149. The van der Waals surface area contributed by atoms with Crippen LogP contribution in [0.25, 0.3) is 0 Å². The zero-order valence-electron chi connectivity index (χ0n) is 12.7. The second-order valence-corrected chi connectivity index (χ2v) is 6.25. The number of hydrogen-bond donors (Lipinski definition) is 2. The molecule has 3 rings (SSSR count). The SMILES string of the molecule is C[C@@H]1Oc2ccc(NC(=O)Cc3ccc(Cl)c(Cl)c3)cc2NC1=O. The van der Waals surface area contributed by atoms with Crippen LogP contribution in [0.2, 0.25) is 10.0 Å². The van der Waals surface area contributed by atoms with Crippen LogP contribution in [0.3, 0.4) is 0 Å². The first-order valence-corrected chi connectivity index (χ1v) is 8.03. The summed E-state index contributed by atoms with van der Waals surface area (Å²) >= 11 is 11.8. The van der Waals surface area contributed by atoms with E-state index in [4.69, 9.17) is 27.9 Å². The average molecular weight is 365 g/mol. The van der Waals surface area contributed by atoms with Crippen molar-refractivity contribution < 1.29 is 14.3 Å². The molecule has 0 spiro atoms. The van der Waals surface area contributed by atoms with E-state index in [1.165, 1.54) is 0 Å². The van der Waals surface area contributed by atoms with Crippen LogP contribution in [0.5, 0.6) is 5.75 Å². The minimum Gasteiger partial charge on any atom is -0.479 e. The van der Waals surface area contributed by atoms with Crippen molar-refractivity contribution in [2.75, 3.05) is 10.6 Å². The summed E-state index contributed by atoms with van der Waals surface area (Å²) < 4.78 is 5.47. The standard InChI is InChI=1S/C17H14Cl2N2O3/c1-9-17(23)21-14-8-11(3-5-15(14)24-9)20-16(22)7-10-2-4-12(18)13(19)6-10/h2-6,8-9H,7H2,1H3,(H,20,22)(H,21,23)/t9-/m0/s1. The molecule has 24 heavy (non-hydrogen) atoms. The Morgan fingerprint density at radius 3 is 2.75 bits per heavy atom. The van der Waals surface area contributed by atoms with Gasteiger partial charge in [-0.15, -0.1) is 0 Å². The number of fused-ring (bicyclic) bond motifs is 1. The Morgan fingerprint density at radius 1 is 1.21 bits per heavy atom. The summed E-state index contributed by atoms with van der Waals surface area (Å²) in [4.78, 5) is 23.8. The predicted molar refractivity (Wildman–Crippen MR) is 94.0 cm³/mol. The van der Waals surface area contributed by atoms with E-state index in [0.29, 0.717) is 27.2 Å². The highest BCUT2D eigenvalue weighted by atomic mass is 35.5. The van der Waals surface area contributed by atoms with E-state index in [2.05, 4.69) is 10.6 Å². The first-order valence-electron chi connectivity index (χ1n) is 7.28. The number of hydrogen-bond acceptors (Lipinski definition) is 3. The molecule has 1 heterocycles. The van der Waals surface area contributed by atoms with E-state index in [1.54, 1.807) is 43.3 Å². The van der Waals surface area contributed by atoms with E-state index in [0.717, 1.165) is 5.56 Å². The molecule has 0 saturated heterocycles. The van der Waals surface area contributed by atoms with Crippen LogP contribution >= 0.6 is 23.2 Å². The van der Waals surface area contributed by atoms with Gasteiger partial charge >= 0.3 is 0 Å². The summed E-state index contributed by atoms with van der Waals surface area (Å²) in [6, 6.07) is 10.1. The molecule has 0 saturated carbocycles. The topological polar surface area (TPSA) is 67.4 Å². The van der Waals surface area contributed by atoms with Gasteiger partial charge in [0.1, 0.15) is 5.75 Å². The van der Waals surface area contributed by atoms with Crippen LogP contribution in [0, 0.1) is 0 Å². The molecular formula is C17H14Cl2N2O3. The van der Waals surface area contributed by atoms with Gasteiger partial charge in [0, 0.05) is 5.69 Å². The van der Waals surface area contributed by atoms with Gasteiger partial charge in [-0.05, 0) is 42.8 Å². The largest absolute Gasteiger partial charge is 0.479 e. The number of benzene rings is 2. The molecule has 124 valence electrons. The fraction of sp³-hybridized carbons (Fsp3) is 0.176. The van der Waals surface area contributed by atoms with Crippen molar-refractivity contribution in [1.82, 2.24) is 0 Å². The molecule has 2 N–H and O–H groups in total. The lowest BCUT2D eigenvalue weighted by Gasteiger charge is -2.23. The second-order valence-electron chi connectivity index (χ2n) is 5.43. The fourth-order valence-electron chi connectivity index (χ4n) is 2.33. The number of carbonyl (C=O) groups excluding carboxylic acids is 2. The van der Waals surface area contributed by atoms with Crippen molar-refractivity contribution in [3.05, 3.63) is 52.0 Å². The molecule has 1 aliphatic heterocycles. The highest BCUT2D eigenvalue weighted by molar-refractivity contribution is 6.42. The van der Waals surface area contributed by atoms with Gasteiger partial charge in [0.15, 0.2) is 6.10 Å². The Kier molecular flexibility index (Phi) is 4.64. The molecule has 2 aromatic carbocycles. The zero-order valence-corrected chi connectivity index (χ0v) is 14.2. The molecule has 0 aromatic heterocycles.